The van der Waals surface area contributed by atoms with E-state index >= 15 is 0 Å². The average Bonchev–Trinajstić information content (AvgIpc) is 3.44. The molecule has 9 nitrogen and oxygen atoms in total. The van der Waals surface area contributed by atoms with Gasteiger partial charge in [-0.25, -0.2) is 9.67 Å². The summed E-state index contributed by atoms with van der Waals surface area (Å²) in [4.78, 5) is 21.6. The quantitative estimate of drug-likeness (QED) is 0.160. The van der Waals surface area contributed by atoms with Crippen LogP contribution in [0.5, 0.6) is 0 Å². The second-order valence-electron chi connectivity index (χ2n) is 11.4. The number of ether oxygens (including phenoxy) is 3. The maximum Gasteiger partial charge on any atom is 0.308 e. The van der Waals surface area contributed by atoms with Crippen LogP contribution in [0.2, 0.25) is 0 Å². The van der Waals surface area contributed by atoms with Gasteiger partial charge in [-0.1, -0.05) is 91.0 Å². The van der Waals surface area contributed by atoms with E-state index in [1.54, 1.807) is 13.1 Å². The first-order valence-electron chi connectivity index (χ1n) is 15.5. The second kappa shape index (κ2) is 13.9. The van der Waals surface area contributed by atoms with Crippen LogP contribution in [0.1, 0.15) is 39.2 Å². The van der Waals surface area contributed by atoms with Crippen molar-refractivity contribution in [3.63, 3.8) is 0 Å². The number of anilines is 2. The van der Waals surface area contributed by atoms with Crippen molar-refractivity contribution in [1.29, 1.82) is 0 Å². The summed E-state index contributed by atoms with van der Waals surface area (Å²) in [5, 5.41) is 8.45. The van der Waals surface area contributed by atoms with Gasteiger partial charge in [-0.3, -0.25) is 4.79 Å². The fourth-order valence-electron chi connectivity index (χ4n) is 5.62. The van der Waals surface area contributed by atoms with E-state index in [-0.39, 0.29) is 24.6 Å². The van der Waals surface area contributed by atoms with E-state index in [0.29, 0.717) is 24.8 Å². The Balaban J connectivity index is 1.44. The van der Waals surface area contributed by atoms with Crippen molar-refractivity contribution in [3.8, 4) is 28.3 Å². The zero-order valence-corrected chi connectivity index (χ0v) is 26.2. The summed E-state index contributed by atoms with van der Waals surface area (Å²) in [6, 6.07) is 31.9. The normalized spacial score (nSPS) is 17.5. The van der Waals surface area contributed by atoms with Crippen molar-refractivity contribution in [2.75, 3.05) is 11.9 Å². The fourth-order valence-corrected chi connectivity index (χ4v) is 5.62. The Morgan fingerprint density at radius 3 is 2.33 bits per heavy atom. The van der Waals surface area contributed by atoms with Crippen LogP contribution in [0.3, 0.4) is 0 Å². The van der Waals surface area contributed by atoms with Crippen LogP contribution in [0.4, 0.5) is 11.6 Å². The Morgan fingerprint density at radius 2 is 1.63 bits per heavy atom. The number of aromatic nitrogens is 4. The van der Waals surface area contributed by atoms with E-state index in [1.807, 2.05) is 110 Å². The number of rotatable bonds is 10. The van der Waals surface area contributed by atoms with Crippen molar-refractivity contribution in [2.45, 2.75) is 51.6 Å². The van der Waals surface area contributed by atoms with Crippen LogP contribution in [0.15, 0.2) is 109 Å². The van der Waals surface area contributed by atoms with E-state index in [9.17, 15) is 4.79 Å². The molecule has 2 aromatic heterocycles. The summed E-state index contributed by atoms with van der Waals surface area (Å²) in [5.41, 5.74) is 5.39. The summed E-state index contributed by atoms with van der Waals surface area (Å²) < 4.78 is 19.4. The van der Waals surface area contributed by atoms with Crippen LogP contribution >= 0.6 is 0 Å². The van der Waals surface area contributed by atoms with Crippen molar-refractivity contribution in [1.82, 2.24) is 19.7 Å². The minimum atomic E-state index is -0.873. The highest BCUT2D eigenvalue weighted by Crippen LogP contribution is 2.36. The maximum absolute atomic E-state index is 12.3. The smallest absolute Gasteiger partial charge is 0.308 e. The number of hydrogen-bond acceptors (Lipinski definition) is 8. The molecule has 0 unspecified atom stereocenters. The van der Waals surface area contributed by atoms with Gasteiger partial charge in [0.25, 0.3) is 0 Å². The summed E-state index contributed by atoms with van der Waals surface area (Å²) in [5.74, 6) is -0.0793. The van der Waals surface area contributed by atoms with Crippen LogP contribution in [0, 0.1) is 0 Å². The van der Waals surface area contributed by atoms with Gasteiger partial charge in [0.2, 0.25) is 5.95 Å². The molecule has 3 heterocycles. The van der Waals surface area contributed by atoms with Gasteiger partial charge in [-0.2, -0.15) is 10.1 Å². The first-order valence-corrected chi connectivity index (χ1v) is 15.5. The zero-order chi connectivity index (χ0) is 31.9. The third kappa shape index (κ3) is 7.39. The summed E-state index contributed by atoms with van der Waals surface area (Å²) in [7, 11) is 0. The molecule has 1 saturated heterocycles. The number of nitrogens with zero attached hydrogens (tertiary/aromatic N) is 4. The Morgan fingerprint density at radius 1 is 0.957 bits per heavy atom. The largest absolute Gasteiger partial charge is 0.466 e. The predicted octanol–water partition coefficient (Wildman–Crippen LogP) is 7.62. The van der Waals surface area contributed by atoms with Crippen molar-refractivity contribution < 1.29 is 19.0 Å². The third-order valence-electron chi connectivity index (χ3n) is 7.46. The molecule has 234 valence electrons. The van der Waals surface area contributed by atoms with Crippen molar-refractivity contribution in [3.05, 3.63) is 115 Å². The molecule has 1 aliphatic heterocycles. The Kier molecular flexibility index (Phi) is 9.33. The zero-order valence-electron chi connectivity index (χ0n) is 26.2. The number of para-hydroxylation sites is 1. The number of hydrogen-bond donors (Lipinski definition) is 1. The predicted molar refractivity (Wildman–Crippen MR) is 178 cm³/mol. The SMILES string of the molecule is CCOC(=O)C[C@H]1C[C@@H](/C=C/c2c(-c3ccccc3)nn(-c3ccnc(Nc4ccccc4)n3)c2-c2ccccc2)OC(C)(C)O1. The van der Waals surface area contributed by atoms with E-state index in [4.69, 9.17) is 24.3 Å². The first kappa shape index (κ1) is 30.9. The maximum atomic E-state index is 12.3. The van der Waals surface area contributed by atoms with Crippen LogP contribution in [-0.4, -0.2) is 50.3 Å². The molecule has 0 spiro atoms. The summed E-state index contributed by atoms with van der Waals surface area (Å²) in [6.07, 6.45) is 5.86. The highest BCUT2D eigenvalue weighted by molar-refractivity contribution is 5.84. The summed E-state index contributed by atoms with van der Waals surface area (Å²) >= 11 is 0. The highest BCUT2D eigenvalue weighted by atomic mass is 16.7. The number of benzene rings is 3. The standard InChI is InChI=1S/C37H37N5O4/c1-4-44-33(43)25-30-24-29(45-37(2,3)46-30)20-21-31-34(26-14-8-5-9-15-26)41-42(35(31)27-16-10-6-11-17-27)32-22-23-38-36(40-32)39-28-18-12-7-13-19-28/h5-23,29-30H,4,24-25H2,1-3H3,(H,38,39,40)/b21-20+/t29-,30-/m1/s1. The van der Waals surface area contributed by atoms with Gasteiger partial charge in [-0.05, 0) is 32.9 Å². The number of nitrogens with one attached hydrogen (secondary N) is 1. The minimum absolute atomic E-state index is 0.167. The van der Waals surface area contributed by atoms with Gasteiger partial charge in [-0.15, -0.1) is 0 Å². The highest BCUT2D eigenvalue weighted by Gasteiger charge is 2.36. The topological polar surface area (TPSA) is 100 Å². The van der Waals surface area contributed by atoms with E-state index < -0.39 is 5.79 Å². The Labute approximate surface area is 268 Å². The lowest BCUT2D eigenvalue weighted by Gasteiger charge is -2.39. The molecule has 0 radical (unpaired) electrons. The van der Waals surface area contributed by atoms with E-state index in [2.05, 4.69) is 28.5 Å². The monoisotopic (exact) mass is 615 g/mol. The Bertz CT molecular complexity index is 1790. The average molecular weight is 616 g/mol. The second-order valence-corrected chi connectivity index (χ2v) is 11.4. The van der Waals surface area contributed by atoms with Gasteiger partial charge in [0.05, 0.1) is 30.9 Å². The molecule has 0 amide bonds. The molecule has 0 aliphatic carbocycles. The van der Waals surface area contributed by atoms with Gasteiger partial charge in [0.15, 0.2) is 11.6 Å². The minimum Gasteiger partial charge on any atom is -0.466 e. The molecule has 0 bridgehead atoms. The van der Waals surface area contributed by atoms with Crippen LogP contribution in [0.25, 0.3) is 34.4 Å². The summed E-state index contributed by atoms with van der Waals surface area (Å²) in [6.45, 7) is 5.86. The number of esters is 1. The lowest BCUT2D eigenvalue weighted by atomic mass is 9.99. The van der Waals surface area contributed by atoms with Crippen LogP contribution in [-0.2, 0) is 19.0 Å². The van der Waals surface area contributed by atoms with Crippen molar-refractivity contribution in [2.24, 2.45) is 0 Å². The molecular weight excluding hydrogens is 578 g/mol. The van der Waals surface area contributed by atoms with Crippen molar-refractivity contribution >= 4 is 23.7 Å². The fraction of sp³-hybridized carbons (Fsp3) is 0.243. The van der Waals surface area contributed by atoms with Gasteiger partial charge in [0, 0.05) is 41.1 Å². The molecule has 6 rings (SSSR count). The number of carbonyl (C=O) groups excluding carboxylic acids is 1. The molecule has 1 N–H and O–H groups in total. The molecule has 0 saturated carbocycles. The Hall–Kier alpha value is -5.12. The van der Waals surface area contributed by atoms with E-state index in [1.165, 1.54) is 0 Å². The first-order chi connectivity index (χ1) is 22.4. The molecule has 2 atom stereocenters. The van der Waals surface area contributed by atoms with Gasteiger partial charge < -0.3 is 19.5 Å². The molecule has 46 heavy (non-hydrogen) atoms. The number of carbonyl (C=O) groups is 1. The van der Waals surface area contributed by atoms with Gasteiger partial charge in [0.1, 0.15) is 5.69 Å². The van der Waals surface area contributed by atoms with Crippen LogP contribution < -0.4 is 5.32 Å². The molecule has 1 fully saturated rings. The molecule has 3 aromatic carbocycles. The molecule has 1 aliphatic rings. The third-order valence-corrected chi connectivity index (χ3v) is 7.46. The van der Waals surface area contributed by atoms with E-state index in [0.717, 1.165) is 33.8 Å². The molecule has 5 aromatic rings. The lowest BCUT2D eigenvalue weighted by molar-refractivity contribution is -0.290. The molecule has 9 heteroatoms. The van der Waals surface area contributed by atoms with Gasteiger partial charge >= 0.3 is 5.97 Å². The molecular formula is C37H37N5O4. The lowest BCUT2D eigenvalue weighted by Crippen LogP contribution is -2.44.